The van der Waals surface area contributed by atoms with E-state index in [4.69, 9.17) is 9.47 Å². The second-order valence-electron chi connectivity index (χ2n) is 5.44. The molecule has 0 aromatic heterocycles. The Bertz CT molecular complexity index is 875. The maximum atomic E-state index is 12.2. The van der Waals surface area contributed by atoms with E-state index in [2.05, 4.69) is 10.3 Å². The molecule has 0 spiro atoms. The quantitative estimate of drug-likeness (QED) is 0.846. The molecule has 1 aliphatic heterocycles. The Labute approximate surface area is 150 Å². The Morgan fingerprint density at radius 2 is 1.88 bits per heavy atom. The van der Waals surface area contributed by atoms with Gasteiger partial charge in [0.05, 0.1) is 24.8 Å². The standard InChI is InChI=1S/C19H18N2O3S/c1-12-5-4-6-14(9-12)20-19-21-18(22)17(25-19)11-13-7-8-15(23-2)16(10-13)24-3/h4-11H,1-3H3,(H,20,21,22)/b17-11-. The van der Waals surface area contributed by atoms with Gasteiger partial charge in [-0.3, -0.25) is 4.79 Å². The SMILES string of the molecule is COc1ccc(/C=C2\SC(=Nc3cccc(C)c3)NC2=O)cc1OC. The average Bonchev–Trinajstić information content (AvgIpc) is 2.93. The molecule has 6 heteroatoms. The maximum Gasteiger partial charge on any atom is 0.264 e. The molecule has 0 radical (unpaired) electrons. The van der Waals surface area contributed by atoms with Gasteiger partial charge in [0.25, 0.3) is 5.91 Å². The number of carbonyl (C=O) groups excluding carboxylic acids is 1. The molecule has 25 heavy (non-hydrogen) atoms. The van der Waals surface area contributed by atoms with Crippen LogP contribution in [0.15, 0.2) is 52.4 Å². The summed E-state index contributed by atoms with van der Waals surface area (Å²) in [5, 5.41) is 3.36. The largest absolute Gasteiger partial charge is 0.493 e. The predicted molar refractivity (Wildman–Crippen MR) is 102 cm³/mol. The van der Waals surface area contributed by atoms with Crippen LogP contribution in [0.5, 0.6) is 11.5 Å². The van der Waals surface area contributed by atoms with Gasteiger partial charge in [0.1, 0.15) is 0 Å². The van der Waals surface area contributed by atoms with E-state index in [1.54, 1.807) is 20.3 Å². The van der Waals surface area contributed by atoms with Gasteiger partial charge in [-0.15, -0.1) is 0 Å². The Morgan fingerprint density at radius 1 is 1.08 bits per heavy atom. The van der Waals surface area contributed by atoms with Crippen molar-refractivity contribution < 1.29 is 14.3 Å². The zero-order valence-corrected chi connectivity index (χ0v) is 15.0. The number of amidine groups is 1. The molecule has 5 nitrogen and oxygen atoms in total. The van der Waals surface area contributed by atoms with E-state index >= 15 is 0 Å². The minimum atomic E-state index is -0.161. The van der Waals surface area contributed by atoms with Gasteiger partial charge in [0.2, 0.25) is 0 Å². The molecule has 1 N–H and O–H groups in total. The first-order valence-corrected chi connectivity index (χ1v) is 8.49. The van der Waals surface area contributed by atoms with Crippen LogP contribution >= 0.6 is 11.8 Å². The molecule has 1 fully saturated rings. The Morgan fingerprint density at radius 3 is 2.60 bits per heavy atom. The highest BCUT2D eigenvalue weighted by atomic mass is 32.2. The molecule has 1 saturated heterocycles. The number of hydrogen-bond acceptors (Lipinski definition) is 5. The molecule has 2 aromatic rings. The first kappa shape index (κ1) is 17.1. The lowest BCUT2D eigenvalue weighted by molar-refractivity contribution is -0.115. The molecule has 0 unspecified atom stereocenters. The Kier molecular flexibility index (Phi) is 5.09. The smallest absolute Gasteiger partial charge is 0.264 e. The zero-order chi connectivity index (χ0) is 17.8. The molecule has 0 aliphatic carbocycles. The molecular weight excluding hydrogens is 336 g/mol. The number of rotatable bonds is 4. The van der Waals surface area contributed by atoms with E-state index in [1.807, 2.05) is 49.4 Å². The second kappa shape index (κ2) is 7.44. The fourth-order valence-electron chi connectivity index (χ4n) is 2.39. The van der Waals surface area contributed by atoms with E-state index in [0.29, 0.717) is 21.6 Å². The topological polar surface area (TPSA) is 59.9 Å². The van der Waals surface area contributed by atoms with Crippen LogP contribution in [0.4, 0.5) is 5.69 Å². The number of amides is 1. The van der Waals surface area contributed by atoms with Crippen LogP contribution in [0.25, 0.3) is 6.08 Å². The number of benzene rings is 2. The van der Waals surface area contributed by atoms with Crippen molar-refractivity contribution in [2.75, 3.05) is 14.2 Å². The number of aliphatic imine (C=N–C) groups is 1. The normalized spacial score (nSPS) is 17.0. The molecule has 3 rings (SSSR count). The maximum absolute atomic E-state index is 12.2. The highest BCUT2D eigenvalue weighted by Gasteiger charge is 2.24. The second-order valence-corrected chi connectivity index (χ2v) is 6.47. The summed E-state index contributed by atoms with van der Waals surface area (Å²) in [5.41, 5.74) is 2.79. The number of carbonyl (C=O) groups is 1. The lowest BCUT2D eigenvalue weighted by atomic mass is 10.2. The van der Waals surface area contributed by atoms with Crippen molar-refractivity contribution in [2.24, 2.45) is 4.99 Å². The van der Waals surface area contributed by atoms with Gasteiger partial charge in [-0.2, -0.15) is 0 Å². The molecule has 1 amide bonds. The number of nitrogens with one attached hydrogen (secondary N) is 1. The van der Waals surface area contributed by atoms with Crippen molar-refractivity contribution in [1.82, 2.24) is 5.32 Å². The molecule has 1 heterocycles. The molecular formula is C19H18N2O3S. The number of thioether (sulfide) groups is 1. The van der Waals surface area contributed by atoms with Crippen LogP contribution in [0.3, 0.4) is 0 Å². The molecule has 1 aliphatic rings. The lowest BCUT2D eigenvalue weighted by Crippen LogP contribution is -2.19. The van der Waals surface area contributed by atoms with Gasteiger partial charge in [0.15, 0.2) is 16.7 Å². The summed E-state index contributed by atoms with van der Waals surface area (Å²) in [6.07, 6.45) is 1.81. The summed E-state index contributed by atoms with van der Waals surface area (Å²) in [6, 6.07) is 13.3. The van der Waals surface area contributed by atoms with Gasteiger partial charge >= 0.3 is 0 Å². The summed E-state index contributed by atoms with van der Waals surface area (Å²) in [7, 11) is 3.17. The van der Waals surface area contributed by atoms with Crippen molar-refractivity contribution in [3.05, 3.63) is 58.5 Å². The number of aryl methyl sites for hydroxylation is 1. The zero-order valence-electron chi connectivity index (χ0n) is 14.2. The molecule has 2 aromatic carbocycles. The van der Waals surface area contributed by atoms with Crippen LogP contribution in [0.1, 0.15) is 11.1 Å². The van der Waals surface area contributed by atoms with Crippen molar-refractivity contribution in [2.45, 2.75) is 6.92 Å². The third-order valence-corrected chi connectivity index (χ3v) is 4.50. The van der Waals surface area contributed by atoms with E-state index in [0.717, 1.165) is 16.8 Å². The first-order valence-electron chi connectivity index (χ1n) is 7.67. The van der Waals surface area contributed by atoms with Crippen LogP contribution < -0.4 is 14.8 Å². The van der Waals surface area contributed by atoms with Crippen molar-refractivity contribution in [3.8, 4) is 11.5 Å². The summed E-state index contributed by atoms with van der Waals surface area (Å²) in [5.74, 6) is 1.11. The van der Waals surface area contributed by atoms with E-state index < -0.39 is 0 Å². The fourth-order valence-corrected chi connectivity index (χ4v) is 3.23. The van der Waals surface area contributed by atoms with Gasteiger partial charge in [-0.25, -0.2) is 4.99 Å². The molecule has 0 atom stereocenters. The number of nitrogens with zero attached hydrogens (tertiary/aromatic N) is 1. The molecule has 0 saturated carbocycles. The van der Waals surface area contributed by atoms with Gasteiger partial charge in [-0.05, 0) is 60.2 Å². The van der Waals surface area contributed by atoms with Crippen molar-refractivity contribution >= 4 is 34.6 Å². The van der Waals surface area contributed by atoms with E-state index in [9.17, 15) is 4.79 Å². The van der Waals surface area contributed by atoms with Crippen molar-refractivity contribution in [3.63, 3.8) is 0 Å². The highest BCUT2D eigenvalue weighted by Crippen LogP contribution is 2.32. The van der Waals surface area contributed by atoms with Gasteiger partial charge in [0, 0.05) is 0 Å². The summed E-state index contributed by atoms with van der Waals surface area (Å²) < 4.78 is 10.5. The lowest BCUT2D eigenvalue weighted by Gasteiger charge is -2.07. The van der Waals surface area contributed by atoms with Crippen LogP contribution in [0, 0.1) is 6.92 Å². The van der Waals surface area contributed by atoms with Crippen LogP contribution in [-0.4, -0.2) is 25.3 Å². The first-order chi connectivity index (χ1) is 12.1. The third kappa shape index (κ3) is 4.03. The van der Waals surface area contributed by atoms with Crippen LogP contribution in [0.2, 0.25) is 0 Å². The van der Waals surface area contributed by atoms with Crippen molar-refractivity contribution in [1.29, 1.82) is 0 Å². The predicted octanol–water partition coefficient (Wildman–Crippen LogP) is 3.90. The fraction of sp³-hybridized carbons (Fsp3) is 0.158. The summed E-state index contributed by atoms with van der Waals surface area (Å²) in [6.45, 7) is 2.01. The molecule has 0 bridgehead atoms. The van der Waals surface area contributed by atoms with Gasteiger partial charge in [-0.1, -0.05) is 18.2 Å². The third-order valence-electron chi connectivity index (χ3n) is 3.59. The van der Waals surface area contributed by atoms with Gasteiger partial charge < -0.3 is 14.8 Å². The Balaban J connectivity index is 1.84. The number of methoxy groups -OCH3 is 2. The van der Waals surface area contributed by atoms with Crippen LogP contribution in [-0.2, 0) is 4.79 Å². The minimum absolute atomic E-state index is 0.161. The summed E-state index contributed by atoms with van der Waals surface area (Å²) >= 11 is 1.32. The monoisotopic (exact) mass is 354 g/mol. The minimum Gasteiger partial charge on any atom is -0.493 e. The number of hydrogen-bond donors (Lipinski definition) is 1. The van der Waals surface area contributed by atoms with E-state index in [-0.39, 0.29) is 5.91 Å². The number of ether oxygens (including phenoxy) is 2. The molecule has 128 valence electrons. The average molecular weight is 354 g/mol. The highest BCUT2D eigenvalue weighted by molar-refractivity contribution is 8.18. The van der Waals surface area contributed by atoms with E-state index in [1.165, 1.54) is 11.8 Å². The Hall–Kier alpha value is -2.73. The summed E-state index contributed by atoms with van der Waals surface area (Å²) in [4.78, 5) is 17.3.